The largest absolute Gasteiger partial charge is 0.324 e. The molecule has 1 amide bonds. The number of hydrogen-bond donors (Lipinski definition) is 1. The van der Waals surface area contributed by atoms with Gasteiger partial charge in [0.1, 0.15) is 0 Å². The highest BCUT2D eigenvalue weighted by Gasteiger charge is 2.07. The lowest BCUT2D eigenvalue weighted by atomic mass is 10.1. The lowest BCUT2D eigenvalue weighted by Gasteiger charge is -2.06. The minimum absolute atomic E-state index is 0.101. The molecular formula is C14H13ClN2O. The number of nitrogens with one attached hydrogen (secondary N) is 1. The van der Waals surface area contributed by atoms with Gasteiger partial charge in [0.05, 0.1) is 18.3 Å². The molecule has 1 N–H and O–H groups in total. The van der Waals surface area contributed by atoms with E-state index in [0.717, 1.165) is 11.1 Å². The van der Waals surface area contributed by atoms with Crippen LogP contribution in [0.3, 0.4) is 0 Å². The van der Waals surface area contributed by atoms with Crippen LogP contribution >= 0.6 is 11.6 Å². The number of pyridine rings is 1. The van der Waals surface area contributed by atoms with Gasteiger partial charge in [-0.2, -0.15) is 0 Å². The zero-order valence-electron chi connectivity index (χ0n) is 9.98. The zero-order chi connectivity index (χ0) is 13.0. The number of carbonyl (C=O) groups is 1. The van der Waals surface area contributed by atoms with Crippen LogP contribution < -0.4 is 5.32 Å². The molecule has 4 heteroatoms. The standard InChI is InChI=1S/C14H13ClN2O/c1-10-6-12(9-16-8-10)17-14(18)7-11-4-2-3-5-13(11)15/h2-6,8-9H,7H2,1H3,(H,17,18). The Hall–Kier alpha value is -1.87. The van der Waals surface area contributed by atoms with E-state index in [1.807, 2.05) is 31.2 Å². The fraction of sp³-hybridized carbons (Fsp3) is 0.143. The van der Waals surface area contributed by atoms with Crippen molar-refractivity contribution >= 4 is 23.2 Å². The first-order chi connectivity index (χ1) is 8.65. The van der Waals surface area contributed by atoms with E-state index in [4.69, 9.17) is 11.6 Å². The van der Waals surface area contributed by atoms with Crippen molar-refractivity contribution < 1.29 is 4.79 Å². The molecule has 18 heavy (non-hydrogen) atoms. The van der Waals surface area contributed by atoms with Gasteiger partial charge in [-0.15, -0.1) is 0 Å². The number of aryl methyl sites for hydroxylation is 1. The predicted molar refractivity (Wildman–Crippen MR) is 72.8 cm³/mol. The maximum Gasteiger partial charge on any atom is 0.228 e. The molecule has 0 saturated heterocycles. The van der Waals surface area contributed by atoms with Crippen molar-refractivity contribution in [2.75, 3.05) is 5.32 Å². The topological polar surface area (TPSA) is 42.0 Å². The van der Waals surface area contributed by atoms with Crippen molar-refractivity contribution in [3.8, 4) is 0 Å². The first kappa shape index (κ1) is 12.6. The van der Waals surface area contributed by atoms with E-state index in [-0.39, 0.29) is 12.3 Å². The summed E-state index contributed by atoms with van der Waals surface area (Å²) in [6.45, 7) is 1.93. The second-order valence-electron chi connectivity index (χ2n) is 4.07. The van der Waals surface area contributed by atoms with Gasteiger partial charge in [0.25, 0.3) is 0 Å². The summed E-state index contributed by atoms with van der Waals surface area (Å²) >= 11 is 6.00. The van der Waals surface area contributed by atoms with Gasteiger partial charge in [-0.05, 0) is 30.2 Å². The zero-order valence-corrected chi connectivity index (χ0v) is 10.7. The van der Waals surface area contributed by atoms with Crippen LogP contribution in [0.5, 0.6) is 0 Å². The number of amides is 1. The predicted octanol–water partition coefficient (Wildman–Crippen LogP) is 3.22. The Kier molecular flexibility index (Phi) is 3.95. The molecule has 0 radical (unpaired) electrons. The van der Waals surface area contributed by atoms with Gasteiger partial charge in [-0.25, -0.2) is 0 Å². The van der Waals surface area contributed by atoms with E-state index >= 15 is 0 Å². The third kappa shape index (κ3) is 3.31. The molecule has 1 aromatic carbocycles. The van der Waals surface area contributed by atoms with Crippen LogP contribution in [0.1, 0.15) is 11.1 Å². The molecule has 0 aliphatic carbocycles. The third-order valence-electron chi connectivity index (χ3n) is 2.47. The number of rotatable bonds is 3. The summed E-state index contributed by atoms with van der Waals surface area (Å²) in [5.74, 6) is -0.101. The summed E-state index contributed by atoms with van der Waals surface area (Å²) in [5.41, 5.74) is 2.52. The Labute approximate surface area is 111 Å². The molecule has 3 nitrogen and oxygen atoms in total. The minimum atomic E-state index is -0.101. The Morgan fingerprint density at radius 2 is 2.11 bits per heavy atom. The first-order valence-corrected chi connectivity index (χ1v) is 5.98. The molecule has 0 aliphatic rings. The van der Waals surface area contributed by atoms with Gasteiger partial charge >= 0.3 is 0 Å². The smallest absolute Gasteiger partial charge is 0.228 e. The highest BCUT2D eigenvalue weighted by Crippen LogP contribution is 2.16. The number of carbonyl (C=O) groups excluding carboxylic acids is 1. The van der Waals surface area contributed by atoms with E-state index in [1.54, 1.807) is 18.5 Å². The number of halogens is 1. The average Bonchev–Trinajstić information content (AvgIpc) is 2.32. The van der Waals surface area contributed by atoms with Crippen molar-refractivity contribution in [2.24, 2.45) is 0 Å². The quantitative estimate of drug-likeness (QED) is 0.921. The molecule has 0 fully saturated rings. The molecule has 2 aromatic rings. The molecule has 0 saturated carbocycles. The van der Waals surface area contributed by atoms with E-state index in [9.17, 15) is 4.79 Å². The van der Waals surface area contributed by atoms with E-state index < -0.39 is 0 Å². The van der Waals surface area contributed by atoms with Gasteiger partial charge in [-0.1, -0.05) is 29.8 Å². The fourth-order valence-corrected chi connectivity index (χ4v) is 1.85. The molecule has 0 aliphatic heterocycles. The highest BCUT2D eigenvalue weighted by atomic mass is 35.5. The minimum Gasteiger partial charge on any atom is -0.324 e. The summed E-state index contributed by atoms with van der Waals surface area (Å²) in [5, 5.41) is 3.40. The summed E-state index contributed by atoms with van der Waals surface area (Å²) in [6, 6.07) is 9.20. The third-order valence-corrected chi connectivity index (χ3v) is 2.84. The second kappa shape index (κ2) is 5.65. The number of hydrogen-bond acceptors (Lipinski definition) is 2. The molecule has 92 valence electrons. The molecule has 1 heterocycles. The van der Waals surface area contributed by atoms with Crippen molar-refractivity contribution in [1.29, 1.82) is 0 Å². The summed E-state index contributed by atoms with van der Waals surface area (Å²) in [6.07, 6.45) is 3.62. The fourth-order valence-electron chi connectivity index (χ4n) is 1.64. The van der Waals surface area contributed by atoms with Crippen molar-refractivity contribution in [3.05, 3.63) is 58.9 Å². The first-order valence-electron chi connectivity index (χ1n) is 5.60. The Balaban J connectivity index is 2.03. The maximum atomic E-state index is 11.8. The van der Waals surface area contributed by atoms with Crippen LogP contribution in [-0.2, 0) is 11.2 Å². The van der Waals surface area contributed by atoms with E-state index in [1.165, 1.54) is 0 Å². The number of aromatic nitrogens is 1. The Morgan fingerprint density at radius 3 is 2.83 bits per heavy atom. The van der Waals surface area contributed by atoms with Gasteiger partial charge in [0.15, 0.2) is 0 Å². The van der Waals surface area contributed by atoms with Gasteiger partial charge < -0.3 is 5.32 Å². The number of anilines is 1. The van der Waals surface area contributed by atoms with Crippen molar-refractivity contribution in [2.45, 2.75) is 13.3 Å². The van der Waals surface area contributed by atoms with Crippen molar-refractivity contribution in [1.82, 2.24) is 4.98 Å². The second-order valence-corrected chi connectivity index (χ2v) is 4.47. The van der Waals surface area contributed by atoms with Crippen molar-refractivity contribution in [3.63, 3.8) is 0 Å². The molecule has 0 spiro atoms. The Morgan fingerprint density at radius 1 is 1.33 bits per heavy atom. The molecule has 1 aromatic heterocycles. The summed E-state index contributed by atoms with van der Waals surface area (Å²) in [7, 11) is 0. The van der Waals surface area contributed by atoms with Crippen LogP contribution in [-0.4, -0.2) is 10.9 Å². The summed E-state index contributed by atoms with van der Waals surface area (Å²) in [4.78, 5) is 15.9. The number of benzene rings is 1. The molecule has 0 unspecified atom stereocenters. The summed E-state index contributed by atoms with van der Waals surface area (Å²) < 4.78 is 0. The van der Waals surface area contributed by atoms with Gasteiger partial charge in [0, 0.05) is 11.2 Å². The van der Waals surface area contributed by atoms with Crippen LogP contribution in [0.25, 0.3) is 0 Å². The normalized spacial score (nSPS) is 10.1. The van der Waals surface area contributed by atoms with Crippen LogP contribution in [0.2, 0.25) is 5.02 Å². The van der Waals surface area contributed by atoms with Gasteiger partial charge in [-0.3, -0.25) is 9.78 Å². The lowest BCUT2D eigenvalue weighted by Crippen LogP contribution is -2.14. The highest BCUT2D eigenvalue weighted by molar-refractivity contribution is 6.31. The van der Waals surface area contributed by atoms with Crippen LogP contribution in [0.15, 0.2) is 42.7 Å². The molecular weight excluding hydrogens is 248 g/mol. The average molecular weight is 261 g/mol. The molecule has 0 atom stereocenters. The maximum absolute atomic E-state index is 11.8. The van der Waals surface area contributed by atoms with Crippen LogP contribution in [0, 0.1) is 6.92 Å². The SMILES string of the molecule is Cc1cncc(NC(=O)Cc2ccccc2Cl)c1. The van der Waals surface area contributed by atoms with E-state index in [0.29, 0.717) is 10.7 Å². The van der Waals surface area contributed by atoms with Crippen LogP contribution in [0.4, 0.5) is 5.69 Å². The van der Waals surface area contributed by atoms with E-state index in [2.05, 4.69) is 10.3 Å². The lowest BCUT2D eigenvalue weighted by molar-refractivity contribution is -0.115. The molecule has 0 bridgehead atoms. The number of nitrogens with zero attached hydrogens (tertiary/aromatic N) is 1. The monoisotopic (exact) mass is 260 g/mol. The van der Waals surface area contributed by atoms with Gasteiger partial charge in [0.2, 0.25) is 5.91 Å². The molecule has 2 rings (SSSR count). The Bertz CT molecular complexity index is 569.